The first-order valence-electron chi connectivity index (χ1n) is 8.38. The number of carbonyl (C=O) groups is 2. The molecule has 1 aliphatic rings. The topological polar surface area (TPSA) is 70.7 Å². The van der Waals surface area contributed by atoms with Crippen molar-refractivity contribution in [2.24, 2.45) is 0 Å². The highest BCUT2D eigenvalue weighted by molar-refractivity contribution is 5.78. The average molecular weight is 373 g/mol. The lowest BCUT2D eigenvalue weighted by Crippen LogP contribution is -2.39. The minimum atomic E-state index is -4.43. The highest BCUT2D eigenvalue weighted by Gasteiger charge is 2.27. The standard InChI is InChI=1S/C17H22F3N3O3/c18-17(19,20)12-22-15(24)10-21-9-13-5-1-2-6-14(13)26-11-16(25)23-7-3-4-8-23/h1-2,5-6,21H,3-4,7-12H2,(H,22,24). The first-order valence-corrected chi connectivity index (χ1v) is 8.38. The van der Waals surface area contributed by atoms with Crippen molar-refractivity contribution in [3.8, 4) is 5.75 Å². The molecule has 0 atom stereocenters. The van der Waals surface area contributed by atoms with Crippen LogP contribution in [0.25, 0.3) is 0 Å². The molecule has 0 spiro atoms. The van der Waals surface area contributed by atoms with E-state index < -0.39 is 18.6 Å². The van der Waals surface area contributed by atoms with Gasteiger partial charge in [0.15, 0.2) is 6.61 Å². The van der Waals surface area contributed by atoms with E-state index in [4.69, 9.17) is 4.74 Å². The van der Waals surface area contributed by atoms with Gasteiger partial charge in [0, 0.05) is 25.2 Å². The summed E-state index contributed by atoms with van der Waals surface area (Å²) < 4.78 is 41.7. The number of halogens is 3. The van der Waals surface area contributed by atoms with Crippen LogP contribution in [0.4, 0.5) is 13.2 Å². The lowest BCUT2D eigenvalue weighted by Gasteiger charge is -2.17. The van der Waals surface area contributed by atoms with Crippen molar-refractivity contribution in [1.29, 1.82) is 0 Å². The molecule has 144 valence electrons. The number of alkyl halides is 3. The quantitative estimate of drug-likeness (QED) is 0.724. The van der Waals surface area contributed by atoms with Gasteiger partial charge in [0.05, 0.1) is 6.54 Å². The van der Waals surface area contributed by atoms with E-state index in [1.807, 2.05) is 0 Å². The molecular weight excluding hydrogens is 351 g/mol. The first kappa shape index (κ1) is 20.0. The van der Waals surface area contributed by atoms with E-state index in [-0.39, 0.29) is 25.6 Å². The van der Waals surface area contributed by atoms with Crippen molar-refractivity contribution in [3.63, 3.8) is 0 Å². The predicted molar refractivity (Wildman–Crippen MR) is 88.5 cm³/mol. The zero-order valence-corrected chi connectivity index (χ0v) is 14.3. The van der Waals surface area contributed by atoms with Crippen molar-refractivity contribution < 1.29 is 27.5 Å². The Morgan fingerprint density at radius 1 is 1.15 bits per heavy atom. The van der Waals surface area contributed by atoms with E-state index in [2.05, 4.69) is 5.32 Å². The summed E-state index contributed by atoms with van der Waals surface area (Å²) in [4.78, 5) is 25.2. The molecule has 0 saturated carbocycles. The Bertz CT molecular complexity index is 617. The van der Waals surface area contributed by atoms with Crippen molar-refractivity contribution in [3.05, 3.63) is 29.8 Å². The number of rotatable bonds is 8. The molecule has 2 amide bonds. The summed E-state index contributed by atoms with van der Waals surface area (Å²) in [5.74, 6) is -0.315. The fraction of sp³-hybridized carbons (Fsp3) is 0.529. The minimum Gasteiger partial charge on any atom is -0.483 e. The normalized spacial score (nSPS) is 14.3. The van der Waals surface area contributed by atoms with Crippen molar-refractivity contribution in [1.82, 2.24) is 15.5 Å². The molecule has 0 radical (unpaired) electrons. The van der Waals surface area contributed by atoms with Gasteiger partial charge in [-0.15, -0.1) is 0 Å². The maximum atomic E-state index is 12.0. The highest BCUT2D eigenvalue weighted by Crippen LogP contribution is 2.18. The summed E-state index contributed by atoms with van der Waals surface area (Å²) >= 11 is 0. The predicted octanol–water partition coefficient (Wildman–Crippen LogP) is 1.46. The molecule has 9 heteroatoms. The molecule has 2 N–H and O–H groups in total. The molecule has 1 aromatic rings. The molecule has 26 heavy (non-hydrogen) atoms. The van der Waals surface area contributed by atoms with Crippen LogP contribution in [0.2, 0.25) is 0 Å². The number of carbonyl (C=O) groups excluding carboxylic acids is 2. The lowest BCUT2D eigenvalue weighted by molar-refractivity contribution is -0.137. The second-order valence-corrected chi connectivity index (χ2v) is 5.98. The zero-order valence-electron chi connectivity index (χ0n) is 14.3. The van der Waals surface area contributed by atoms with E-state index >= 15 is 0 Å². The van der Waals surface area contributed by atoms with Crippen LogP contribution in [0.15, 0.2) is 24.3 Å². The van der Waals surface area contributed by atoms with Gasteiger partial charge < -0.3 is 20.3 Å². The Hall–Kier alpha value is -2.29. The summed E-state index contributed by atoms with van der Waals surface area (Å²) in [6, 6.07) is 7.00. The number of ether oxygens (including phenoxy) is 1. The summed E-state index contributed by atoms with van der Waals surface area (Å²) in [6.45, 7) is 0.0520. The van der Waals surface area contributed by atoms with Crippen LogP contribution >= 0.6 is 0 Å². The van der Waals surface area contributed by atoms with Crippen LogP contribution in [0, 0.1) is 0 Å². The number of benzene rings is 1. The molecule has 1 heterocycles. The van der Waals surface area contributed by atoms with Crippen LogP contribution < -0.4 is 15.4 Å². The summed E-state index contributed by atoms with van der Waals surface area (Å²) in [7, 11) is 0. The van der Waals surface area contributed by atoms with Gasteiger partial charge in [0.1, 0.15) is 12.3 Å². The van der Waals surface area contributed by atoms with Gasteiger partial charge in [-0.1, -0.05) is 18.2 Å². The molecule has 0 bridgehead atoms. The Morgan fingerprint density at radius 3 is 2.54 bits per heavy atom. The van der Waals surface area contributed by atoms with E-state index in [0.717, 1.165) is 25.9 Å². The van der Waals surface area contributed by atoms with Crippen molar-refractivity contribution >= 4 is 11.8 Å². The van der Waals surface area contributed by atoms with Crippen LogP contribution in [0.3, 0.4) is 0 Å². The fourth-order valence-electron chi connectivity index (χ4n) is 2.56. The van der Waals surface area contributed by atoms with E-state index in [0.29, 0.717) is 11.3 Å². The maximum Gasteiger partial charge on any atom is 0.405 e. The summed E-state index contributed by atoms with van der Waals surface area (Å²) in [5, 5.41) is 4.55. The Balaban J connectivity index is 1.77. The lowest BCUT2D eigenvalue weighted by atomic mass is 10.2. The van der Waals surface area contributed by atoms with Gasteiger partial charge in [-0.2, -0.15) is 13.2 Å². The molecular formula is C17H22F3N3O3. The van der Waals surface area contributed by atoms with Gasteiger partial charge in [-0.3, -0.25) is 9.59 Å². The van der Waals surface area contributed by atoms with Crippen LogP contribution in [0.1, 0.15) is 18.4 Å². The molecule has 1 saturated heterocycles. The SMILES string of the molecule is O=C(CNCc1ccccc1OCC(=O)N1CCCC1)NCC(F)(F)F. The minimum absolute atomic E-state index is 0.0664. The smallest absolute Gasteiger partial charge is 0.405 e. The number of nitrogens with one attached hydrogen (secondary N) is 2. The van der Waals surface area contributed by atoms with E-state index in [1.54, 1.807) is 34.5 Å². The molecule has 0 unspecified atom stereocenters. The third-order valence-electron chi connectivity index (χ3n) is 3.87. The largest absolute Gasteiger partial charge is 0.483 e. The molecule has 6 nitrogen and oxygen atoms in total. The van der Waals surface area contributed by atoms with Gasteiger partial charge in [0.25, 0.3) is 5.91 Å². The number of likely N-dealkylation sites (tertiary alicyclic amines) is 1. The average Bonchev–Trinajstić information content (AvgIpc) is 3.13. The molecule has 1 aliphatic heterocycles. The second kappa shape index (κ2) is 9.42. The molecule has 1 aromatic carbocycles. The van der Waals surface area contributed by atoms with Gasteiger partial charge in [0.2, 0.25) is 5.91 Å². The molecule has 2 rings (SSSR count). The Morgan fingerprint density at radius 2 is 1.85 bits per heavy atom. The highest BCUT2D eigenvalue weighted by atomic mass is 19.4. The summed E-state index contributed by atoms with van der Waals surface area (Å²) in [6.07, 6.45) is -2.43. The molecule has 0 aliphatic carbocycles. The first-order chi connectivity index (χ1) is 12.3. The van der Waals surface area contributed by atoms with Crippen LogP contribution in [-0.2, 0) is 16.1 Å². The third kappa shape index (κ3) is 6.91. The number of para-hydroxylation sites is 1. The van der Waals surface area contributed by atoms with E-state index in [1.165, 1.54) is 0 Å². The molecule has 1 fully saturated rings. The Labute approximate surface area is 149 Å². The van der Waals surface area contributed by atoms with Crippen LogP contribution in [-0.4, -0.2) is 55.7 Å². The number of amides is 2. The number of hydrogen-bond acceptors (Lipinski definition) is 4. The number of nitrogens with zero attached hydrogens (tertiary/aromatic N) is 1. The maximum absolute atomic E-state index is 12.0. The monoisotopic (exact) mass is 373 g/mol. The van der Waals surface area contributed by atoms with E-state index in [9.17, 15) is 22.8 Å². The van der Waals surface area contributed by atoms with Gasteiger partial charge in [-0.25, -0.2) is 0 Å². The van der Waals surface area contributed by atoms with Crippen molar-refractivity contribution in [2.75, 3.05) is 32.8 Å². The fourth-order valence-corrected chi connectivity index (χ4v) is 2.56. The zero-order chi connectivity index (χ0) is 19.0. The summed E-state index contributed by atoms with van der Waals surface area (Å²) in [5.41, 5.74) is 0.713. The second-order valence-electron chi connectivity index (χ2n) is 5.98. The van der Waals surface area contributed by atoms with Gasteiger partial charge >= 0.3 is 6.18 Å². The number of hydrogen-bond donors (Lipinski definition) is 2. The third-order valence-corrected chi connectivity index (χ3v) is 3.87. The Kier molecular flexibility index (Phi) is 7.26. The van der Waals surface area contributed by atoms with Crippen molar-refractivity contribution in [2.45, 2.75) is 25.6 Å². The molecule has 0 aromatic heterocycles. The van der Waals surface area contributed by atoms with Gasteiger partial charge in [-0.05, 0) is 18.9 Å². The van der Waals surface area contributed by atoms with Crippen LogP contribution in [0.5, 0.6) is 5.75 Å².